The van der Waals surface area contributed by atoms with Crippen LogP contribution in [0.5, 0.6) is 0 Å². The second kappa shape index (κ2) is 11.6. The van der Waals surface area contributed by atoms with Crippen molar-refractivity contribution in [1.29, 1.82) is 0 Å². The minimum Gasteiger partial charge on any atom is -0.364 e. The number of hydrogen-bond acceptors (Lipinski definition) is 5. The van der Waals surface area contributed by atoms with E-state index in [9.17, 15) is 4.79 Å². The molecule has 2 aromatic rings. The van der Waals surface area contributed by atoms with E-state index < -0.39 is 0 Å². The normalized spacial score (nSPS) is 15.0. The van der Waals surface area contributed by atoms with Gasteiger partial charge < -0.3 is 20.1 Å². The molecule has 0 atom stereocenters. The first-order valence-electron chi connectivity index (χ1n) is 9.16. The largest absolute Gasteiger partial charge is 0.364 e. The molecule has 1 aliphatic rings. The van der Waals surface area contributed by atoms with Crippen molar-refractivity contribution in [2.24, 2.45) is 4.99 Å². The Morgan fingerprint density at radius 1 is 1.11 bits per heavy atom. The number of carbonyl (C=O) groups is 1. The number of aromatic nitrogens is 1. The maximum absolute atomic E-state index is 12.0. The Morgan fingerprint density at radius 3 is 2.46 bits per heavy atom. The fourth-order valence-corrected chi connectivity index (χ4v) is 3.04. The first-order chi connectivity index (χ1) is 13.3. The van der Waals surface area contributed by atoms with Crippen molar-refractivity contribution in [2.75, 3.05) is 46.3 Å². The van der Waals surface area contributed by atoms with Crippen LogP contribution in [0.15, 0.2) is 52.2 Å². The topological polar surface area (TPSA) is 86.0 Å². The lowest BCUT2D eigenvalue weighted by molar-refractivity contribution is 0.0954. The van der Waals surface area contributed by atoms with E-state index in [1.54, 1.807) is 25.4 Å². The monoisotopic (exact) mass is 498 g/mol. The number of piperazine rings is 1. The number of amides is 1. The average molecular weight is 498 g/mol. The lowest BCUT2D eigenvalue weighted by Crippen LogP contribution is -2.53. The number of nitrogens with one attached hydrogen (secondary N) is 2. The predicted octanol–water partition coefficient (Wildman–Crippen LogP) is 1.42. The van der Waals surface area contributed by atoms with Gasteiger partial charge in [-0.2, -0.15) is 0 Å². The van der Waals surface area contributed by atoms with Crippen molar-refractivity contribution in [3.63, 3.8) is 0 Å². The quantitative estimate of drug-likeness (QED) is 0.271. The summed E-state index contributed by atoms with van der Waals surface area (Å²) >= 11 is 0. The predicted molar refractivity (Wildman–Crippen MR) is 119 cm³/mol. The van der Waals surface area contributed by atoms with Gasteiger partial charge >= 0.3 is 0 Å². The van der Waals surface area contributed by atoms with Crippen molar-refractivity contribution < 1.29 is 9.32 Å². The van der Waals surface area contributed by atoms with Gasteiger partial charge in [0.2, 0.25) is 0 Å². The molecule has 0 aliphatic carbocycles. The fraction of sp³-hybridized carbons (Fsp3) is 0.421. The smallest absolute Gasteiger partial charge is 0.251 e. The van der Waals surface area contributed by atoms with Gasteiger partial charge in [-0.3, -0.25) is 14.7 Å². The van der Waals surface area contributed by atoms with E-state index in [2.05, 4.69) is 30.6 Å². The van der Waals surface area contributed by atoms with Crippen molar-refractivity contribution in [2.45, 2.75) is 6.54 Å². The van der Waals surface area contributed by atoms with E-state index in [1.807, 2.05) is 24.3 Å². The minimum atomic E-state index is -0.0612. The molecule has 0 radical (unpaired) electrons. The van der Waals surface area contributed by atoms with Crippen molar-refractivity contribution in [3.8, 4) is 0 Å². The van der Waals surface area contributed by atoms with Gasteiger partial charge in [0, 0.05) is 64.5 Å². The summed E-state index contributed by atoms with van der Waals surface area (Å²) in [4.78, 5) is 21.0. The first-order valence-corrected chi connectivity index (χ1v) is 9.16. The molecule has 3 rings (SSSR count). The number of hydrogen-bond donors (Lipinski definition) is 2. The lowest BCUT2D eigenvalue weighted by Gasteiger charge is -2.36. The molecule has 9 heteroatoms. The third kappa shape index (κ3) is 6.48. The maximum Gasteiger partial charge on any atom is 0.251 e. The van der Waals surface area contributed by atoms with Crippen LogP contribution in [0.25, 0.3) is 0 Å². The molecule has 0 saturated carbocycles. The van der Waals surface area contributed by atoms with E-state index in [0.717, 1.165) is 44.4 Å². The maximum atomic E-state index is 12.0. The van der Waals surface area contributed by atoms with Gasteiger partial charge in [0.05, 0.1) is 5.69 Å². The average Bonchev–Trinajstić information content (AvgIpc) is 3.22. The van der Waals surface area contributed by atoms with Gasteiger partial charge in [0.25, 0.3) is 5.91 Å². The van der Waals surface area contributed by atoms with Crippen LogP contribution in [-0.4, -0.2) is 73.1 Å². The summed E-state index contributed by atoms with van der Waals surface area (Å²) in [6.07, 6.45) is 1.61. The number of carbonyl (C=O) groups excluding carboxylic acids is 1. The fourth-order valence-electron chi connectivity index (χ4n) is 3.04. The third-order valence-corrected chi connectivity index (χ3v) is 4.49. The van der Waals surface area contributed by atoms with E-state index in [0.29, 0.717) is 18.7 Å². The van der Waals surface area contributed by atoms with Crippen LogP contribution in [0.3, 0.4) is 0 Å². The molecule has 1 amide bonds. The van der Waals surface area contributed by atoms with E-state index in [1.165, 1.54) is 0 Å². The molecular weight excluding hydrogens is 471 g/mol. The molecule has 1 aromatic heterocycles. The molecule has 1 fully saturated rings. The molecular formula is C19H27IN6O2. The van der Waals surface area contributed by atoms with Crippen LogP contribution < -0.4 is 10.6 Å². The summed E-state index contributed by atoms with van der Waals surface area (Å²) in [6, 6.07) is 11.1. The summed E-state index contributed by atoms with van der Waals surface area (Å²) in [5.74, 6) is 0.805. The number of benzene rings is 1. The molecule has 2 N–H and O–H groups in total. The highest BCUT2D eigenvalue weighted by Crippen LogP contribution is 2.07. The van der Waals surface area contributed by atoms with Crippen LogP contribution in [0, 0.1) is 0 Å². The number of rotatable bonds is 6. The Labute approximate surface area is 182 Å². The molecule has 28 heavy (non-hydrogen) atoms. The van der Waals surface area contributed by atoms with Crippen molar-refractivity contribution >= 4 is 35.8 Å². The minimum absolute atomic E-state index is 0. The number of halogens is 1. The summed E-state index contributed by atoms with van der Waals surface area (Å²) in [5, 5.41) is 10.2. The molecule has 0 bridgehead atoms. The SMILES string of the molecule is CN=C(NCCNC(=O)c1ccccc1)N1CCN(Cc2ccon2)CC1.I. The van der Waals surface area contributed by atoms with Crippen LogP contribution in [-0.2, 0) is 6.54 Å². The molecule has 1 aromatic carbocycles. The van der Waals surface area contributed by atoms with Gasteiger partial charge in [-0.1, -0.05) is 23.4 Å². The zero-order chi connectivity index (χ0) is 18.9. The highest BCUT2D eigenvalue weighted by atomic mass is 127. The zero-order valence-electron chi connectivity index (χ0n) is 16.0. The Bertz CT molecular complexity index is 730. The molecule has 8 nitrogen and oxygen atoms in total. The zero-order valence-corrected chi connectivity index (χ0v) is 18.3. The molecule has 1 aliphatic heterocycles. The van der Waals surface area contributed by atoms with Crippen molar-refractivity contribution in [1.82, 2.24) is 25.6 Å². The Hall–Kier alpha value is -2.14. The Kier molecular flexibility index (Phi) is 9.21. The van der Waals surface area contributed by atoms with Crippen LogP contribution in [0.4, 0.5) is 0 Å². The van der Waals surface area contributed by atoms with Gasteiger partial charge in [0.1, 0.15) is 6.26 Å². The van der Waals surface area contributed by atoms with E-state index in [4.69, 9.17) is 4.52 Å². The Balaban J connectivity index is 0.00000280. The molecule has 152 valence electrons. The molecule has 0 unspecified atom stereocenters. The van der Waals surface area contributed by atoms with Gasteiger partial charge in [-0.15, -0.1) is 24.0 Å². The number of guanidine groups is 1. The summed E-state index contributed by atoms with van der Waals surface area (Å²) < 4.78 is 4.89. The second-order valence-electron chi connectivity index (χ2n) is 6.35. The summed E-state index contributed by atoms with van der Waals surface area (Å²) in [6.45, 7) is 5.66. The first kappa shape index (κ1) is 22.2. The molecule has 1 saturated heterocycles. The highest BCUT2D eigenvalue weighted by molar-refractivity contribution is 14.0. The summed E-state index contributed by atoms with van der Waals surface area (Å²) in [5.41, 5.74) is 1.63. The third-order valence-electron chi connectivity index (χ3n) is 4.49. The highest BCUT2D eigenvalue weighted by Gasteiger charge is 2.20. The molecule has 2 heterocycles. The lowest BCUT2D eigenvalue weighted by atomic mass is 10.2. The van der Waals surface area contributed by atoms with Gasteiger partial charge in [-0.05, 0) is 12.1 Å². The van der Waals surface area contributed by atoms with Gasteiger partial charge in [-0.25, -0.2) is 0 Å². The van der Waals surface area contributed by atoms with Gasteiger partial charge in [0.15, 0.2) is 5.96 Å². The Morgan fingerprint density at radius 2 is 1.82 bits per heavy atom. The standard InChI is InChI=1S/C19H26N6O2.HI/c1-20-19(22-9-8-21-18(26)16-5-3-2-4-6-16)25-12-10-24(11-13-25)15-17-7-14-27-23-17;/h2-7,14H,8-13,15H2,1H3,(H,20,22)(H,21,26);1H. The van der Waals surface area contributed by atoms with Crippen LogP contribution in [0.1, 0.15) is 16.1 Å². The van der Waals surface area contributed by atoms with Crippen LogP contribution in [0.2, 0.25) is 0 Å². The van der Waals surface area contributed by atoms with Crippen LogP contribution >= 0.6 is 24.0 Å². The summed E-state index contributed by atoms with van der Waals surface area (Å²) in [7, 11) is 1.78. The number of aliphatic imine (C=N–C) groups is 1. The van der Waals surface area contributed by atoms with E-state index >= 15 is 0 Å². The number of nitrogens with zero attached hydrogens (tertiary/aromatic N) is 4. The van der Waals surface area contributed by atoms with Crippen molar-refractivity contribution in [3.05, 3.63) is 53.9 Å². The second-order valence-corrected chi connectivity index (χ2v) is 6.35. The van der Waals surface area contributed by atoms with E-state index in [-0.39, 0.29) is 29.9 Å². The molecule has 0 spiro atoms.